The SMILES string of the molecule is Cc1nc(Nc2cccc(C3=CC=CC(c4nc5cc(CN6CCC(C)(C(=O)O)C6)cc(C#N)c5o4)C3(C)C)c2)c2ncc(CN3CCC(O)C3)cc2n1. The summed E-state index contributed by atoms with van der Waals surface area (Å²) in [6.07, 6.45) is 9.24. The van der Waals surface area contributed by atoms with Crippen molar-refractivity contribution in [1.29, 1.82) is 5.26 Å². The van der Waals surface area contributed by atoms with Crippen LogP contribution in [0.4, 0.5) is 11.5 Å². The van der Waals surface area contributed by atoms with E-state index in [2.05, 4.69) is 70.4 Å². The number of aromatic nitrogens is 4. The average molecular weight is 725 g/mol. The largest absolute Gasteiger partial charge is 0.481 e. The zero-order valence-electron chi connectivity index (χ0n) is 31.0. The molecular formula is C42H44N8O4. The Bertz CT molecular complexity index is 2390. The van der Waals surface area contributed by atoms with Gasteiger partial charge in [-0.1, -0.05) is 44.2 Å². The van der Waals surface area contributed by atoms with E-state index in [1.807, 2.05) is 43.5 Å². The van der Waals surface area contributed by atoms with Gasteiger partial charge in [-0.15, -0.1) is 0 Å². The Kier molecular flexibility index (Phi) is 9.04. The van der Waals surface area contributed by atoms with Crippen molar-refractivity contribution in [3.8, 4) is 6.07 Å². The molecule has 8 rings (SSSR count). The lowest BCUT2D eigenvalue weighted by Crippen LogP contribution is -2.31. The number of aliphatic carboxylic acids is 1. The first-order valence-electron chi connectivity index (χ1n) is 18.5. The number of anilines is 2. The number of benzene rings is 2. The van der Waals surface area contributed by atoms with E-state index in [9.17, 15) is 20.3 Å². The van der Waals surface area contributed by atoms with Crippen molar-refractivity contribution in [3.63, 3.8) is 0 Å². The topological polar surface area (TPSA) is 165 Å². The average Bonchev–Trinajstić information content (AvgIpc) is 3.86. The van der Waals surface area contributed by atoms with Gasteiger partial charge in [0.2, 0.25) is 5.89 Å². The van der Waals surface area contributed by atoms with Crippen LogP contribution in [0.15, 0.2) is 71.3 Å². The van der Waals surface area contributed by atoms with Crippen molar-refractivity contribution in [2.45, 2.75) is 65.6 Å². The number of β-amino-alcohol motifs (C(OH)–C–C–N with tert-alkyl or cyclic N) is 1. The Morgan fingerprint density at radius 2 is 1.87 bits per heavy atom. The fourth-order valence-electron chi connectivity index (χ4n) is 8.25. The standard InChI is InChI=1S/C42H44N8O4/c1-25-45-34-17-27(22-49-13-11-31(51)23-49)20-44-36(34)38(46-25)47-30-8-5-7-28(18-30)32-9-6-10-33(41(32,2)3)39-48-35-16-26(15-29(19-43)37(35)54-39)21-50-14-12-42(4,24-50)40(52)53/h5-10,15-18,20,31,33,51H,11-14,21-24H2,1-4H3,(H,52,53)(H,45,46,47). The molecule has 2 aromatic carbocycles. The molecule has 3 N–H and O–H groups in total. The number of aliphatic hydroxyl groups excluding tert-OH is 1. The van der Waals surface area contributed by atoms with Crippen LogP contribution < -0.4 is 5.32 Å². The maximum atomic E-state index is 11.8. The minimum atomic E-state index is -0.781. The van der Waals surface area contributed by atoms with Gasteiger partial charge in [-0.3, -0.25) is 19.6 Å². The highest BCUT2D eigenvalue weighted by molar-refractivity contribution is 5.88. The van der Waals surface area contributed by atoms with E-state index in [1.165, 1.54) is 0 Å². The van der Waals surface area contributed by atoms with Crippen LogP contribution in [-0.2, 0) is 17.9 Å². The number of nitrogens with zero attached hydrogens (tertiary/aromatic N) is 7. The Morgan fingerprint density at radius 3 is 2.63 bits per heavy atom. The Balaban J connectivity index is 1.03. The van der Waals surface area contributed by atoms with Crippen LogP contribution in [0.1, 0.15) is 73.5 Å². The first kappa shape index (κ1) is 35.5. The number of allylic oxidation sites excluding steroid dienone is 4. The number of likely N-dealkylation sites (tertiary alicyclic amines) is 2. The molecule has 0 radical (unpaired) electrons. The molecule has 2 fully saturated rings. The molecule has 5 aromatic rings. The van der Waals surface area contributed by atoms with Gasteiger partial charge < -0.3 is 19.9 Å². The summed E-state index contributed by atoms with van der Waals surface area (Å²) in [4.78, 5) is 35.3. The van der Waals surface area contributed by atoms with Crippen LogP contribution in [0.2, 0.25) is 0 Å². The van der Waals surface area contributed by atoms with Gasteiger partial charge in [0.1, 0.15) is 22.9 Å². The second-order valence-electron chi connectivity index (χ2n) is 15.9. The number of carboxylic acids is 1. The summed E-state index contributed by atoms with van der Waals surface area (Å²) in [5.41, 5.74) is 6.71. The lowest BCUT2D eigenvalue weighted by atomic mass is 9.68. The summed E-state index contributed by atoms with van der Waals surface area (Å²) in [6, 6.07) is 16.4. The highest BCUT2D eigenvalue weighted by Gasteiger charge is 2.41. The normalized spacial score (nSPS) is 22.9. The number of oxazole rings is 1. The van der Waals surface area contributed by atoms with E-state index in [-0.39, 0.29) is 12.0 Å². The zero-order valence-corrected chi connectivity index (χ0v) is 31.0. The number of aliphatic hydroxyl groups is 1. The molecule has 3 unspecified atom stereocenters. The van der Waals surface area contributed by atoms with Crippen LogP contribution in [0.5, 0.6) is 0 Å². The summed E-state index contributed by atoms with van der Waals surface area (Å²) in [5, 5.41) is 33.2. The van der Waals surface area contributed by atoms with Crippen molar-refractivity contribution in [1.82, 2.24) is 29.7 Å². The third kappa shape index (κ3) is 6.75. The number of fused-ring (bicyclic) bond motifs is 2. The molecule has 5 heterocycles. The predicted octanol–water partition coefficient (Wildman–Crippen LogP) is 6.72. The number of hydrogen-bond donors (Lipinski definition) is 3. The zero-order chi connectivity index (χ0) is 37.8. The lowest BCUT2D eigenvalue weighted by Gasteiger charge is -2.35. The van der Waals surface area contributed by atoms with Gasteiger partial charge in [-0.2, -0.15) is 5.26 Å². The monoisotopic (exact) mass is 724 g/mol. The Labute approximate surface area is 313 Å². The van der Waals surface area contributed by atoms with Crippen molar-refractivity contribution in [2.75, 3.05) is 31.5 Å². The van der Waals surface area contributed by atoms with Gasteiger partial charge in [-0.25, -0.2) is 15.0 Å². The van der Waals surface area contributed by atoms with Gasteiger partial charge in [0.05, 0.1) is 28.5 Å². The second-order valence-corrected chi connectivity index (χ2v) is 15.9. The molecular weight excluding hydrogens is 681 g/mol. The molecule has 0 amide bonds. The summed E-state index contributed by atoms with van der Waals surface area (Å²) in [6.45, 7) is 11.9. The summed E-state index contributed by atoms with van der Waals surface area (Å²) in [5.74, 6) is 0.821. The number of carbonyl (C=O) groups is 1. The predicted molar refractivity (Wildman–Crippen MR) is 206 cm³/mol. The van der Waals surface area contributed by atoms with E-state index >= 15 is 0 Å². The molecule has 2 saturated heterocycles. The van der Waals surface area contributed by atoms with E-state index in [4.69, 9.17) is 19.4 Å². The van der Waals surface area contributed by atoms with Gasteiger partial charge in [0.15, 0.2) is 11.4 Å². The van der Waals surface area contributed by atoms with E-state index < -0.39 is 16.8 Å². The number of nitrogens with one attached hydrogen (secondary N) is 1. The minimum absolute atomic E-state index is 0.206. The Morgan fingerprint density at radius 1 is 1.06 bits per heavy atom. The molecule has 3 atom stereocenters. The van der Waals surface area contributed by atoms with Crippen molar-refractivity contribution < 1.29 is 19.4 Å². The quantitative estimate of drug-likeness (QED) is 0.147. The number of aryl methyl sites for hydroxylation is 1. The molecule has 0 saturated carbocycles. The number of nitriles is 1. The number of carboxylic acid groups (broad SMARTS) is 1. The summed E-state index contributed by atoms with van der Waals surface area (Å²) in [7, 11) is 0. The van der Waals surface area contributed by atoms with Gasteiger partial charge in [0.25, 0.3) is 0 Å². The highest BCUT2D eigenvalue weighted by Crippen LogP contribution is 2.49. The molecule has 0 bridgehead atoms. The van der Waals surface area contributed by atoms with Crippen LogP contribution in [0, 0.1) is 29.1 Å². The number of pyridine rings is 1. The van der Waals surface area contributed by atoms with Crippen molar-refractivity contribution in [2.24, 2.45) is 10.8 Å². The number of hydrogen-bond acceptors (Lipinski definition) is 11. The lowest BCUT2D eigenvalue weighted by molar-refractivity contribution is -0.147. The van der Waals surface area contributed by atoms with Gasteiger partial charge in [-0.05, 0) is 85.8 Å². The highest BCUT2D eigenvalue weighted by atomic mass is 16.4. The van der Waals surface area contributed by atoms with Gasteiger partial charge >= 0.3 is 5.97 Å². The molecule has 276 valence electrons. The first-order chi connectivity index (χ1) is 25.9. The van der Waals surface area contributed by atoms with Crippen molar-refractivity contribution in [3.05, 3.63) is 101 Å². The van der Waals surface area contributed by atoms with E-state index in [1.54, 1.807) is 6.92 Å². The third-order valence-corrected chi connectivity index (χ3v) is 11.3. The molecule has 2 aliphatic heterocycles. The third-order valence-electron chi connectivity index (χ3n) is 11.3. The minimum Gasteiger partial charge on any atom is -0.481 e. The molecule has 0 spiro atoms. The molecule has 1 aliphatic carbocycles. The fraction of sp³-hybridized carbons (Fsp3) is 0.381. The van der Waals surface area contributed by atoms with Crippen LogP contribution in [-0.4, -0.2) is 78.2 Å². The van der Waals surface area contributed by atoms with Crippen LogP contribution in [0.25, 0.3) is 27.7 Å². The smallest absolute Gasteiger partial charge is 0.310 e. The van der Waals surface area contributed by atoms with Crippen LogP contribution in [0.3, 0.4) is 0 Å². The molecule has 3 aromatic heterocycles. The molecule has 12 heteroatoms. The van der Waals surface area contributed by atoms with Crippen LogP contribution >= 0.6 is 0 Å². The maximum Gasteiger partial charge on any atom is 0.310 e. The van der Waals surface area contributed by atoms with E-state index in [0.29, 0.717) is 78.9 Å². The van der Waals surface area contributed by atoms with E-state index in [0.717, 1.165) is 46.4 Å². The first-order valence-corrected chi connectivity index (χ1v) is 18.5. The summed E-state index contributed by atoms with van der Waals surface area (Å²) < 4.78 is 6.39. The Hall–Kier alpha value is -5.48. The van der Waals surface area contributed by atoms with Crippen molar-refractivity contribution >= 4 is 45.2 Å². The maximum absolute atomic E-state index is 11.8. The van der Waals surface area contributed by atoms with Gasteiger partial charge in [0, 0.05) is 50.0 Å². The molecule has 12 nitrogen and oxygen atoms in total. The second kappa shape index (κ2) is 13.7. The molecule has 3 aliphatic rings. The summed E-state index contributed by atoms with van der Waals surface area (Å²) >= 11 is 0. The number of rotatable bonds is 9. The fourth-order valence-corrected chi connectivity index (χ4v) is 8.25. The molecule has 54 heavy (non-hydrogen) atoms.